The fraction of sp³-hybridized carbons (Fsp3) is 0.545. The van der Waals surface area contributed by atoms with Crippen molar-refractivity contribution in [1.82, 2.24) is 9.69 Å². The van der Waals surface area contributed by atoms with Crippen LogP contribution in [0.15, 0.2) is 11.4 Å². The van der Waals surface area contributed by atoms with Crippen molar-refractivity contribution in [2.24, 2.45) is 0 Å². The van der Waals surface area contributed by atoms with Gasteiger partial charge < -0.3 is 10.1 Å². The van der Waals surface area contributed by atoms with Gasteiger partial charge in [-0.05, 0) is 45.3 Å². The number of rotatable bonds is 3. The van der Waals surface area contributed by atoms with E-state index in [1.165, 1.54) is 11.5 Å². The van der Waals surface area contributed by atoms with Crippen molar-refractivity contribution < 1.29 is 14.3 Å². The van der Waals surface area contributed by atoms with Gasteiger partial charge in [-0.25, -0.2) is 4.79 Å². The van der Waals surface area contributed by atoms with Crippen LogP contribution in [0.4, 0.5) is 4.79 Å². The topological polar surface area (TPSA) is 68.3 Å². The number of hydrogen-bond acceptors (Lipinski definition) is 5. The first-order valence-electron chi connectivity index (χ1n) is 5.24. The van der Waals surface area contributed by atoms with E-state index in [1.54, 1.807) is 39.1 Å². The Kier molecular flexibility index (Phi) is 4.22. The first-order chi connectivity index (χ1) is 7.79. The van der Waals surface area contributed by atoms with Crippen molar-refractivity contribution in [2.75, 3.05) is 0 Å². The molecule has 1 atom stereocenters. The Morgan fingerprint density at radius 2 is 2.12 bits per heavy atom. The lowest BCUT2D eigenvalue weighted by atomic mass is 10.1. The zero-order valence-electron chi connectivity index (χ0n) is 10.3. The molecule has 0 aliphatic carbocycles. The number of carbonyl (C=O) groups is 2. The van der Waals surface area contributed by atoms with Gasteiger partial charge in [-0.15, -0.1) is 0 Å². The van der Waals surface area contributed by atoms with Gasteiger partial charge in [0.2, 0.25) is 5.78 Å². The molecule has 1 amide bonds. The summed E-state index contributed by atoms with van der Waals surface area (Å²) in [6, 6.07) is 0.979. The Labute approximate surface area is 104 Å². The fourth-order valence-electron chi connectivity index (χ4n) is 1.11. The predicted octanol–water partition coefficient (Wildman–Crippen LogP) is 2.24. The molecule has 0 aliphatic heterocycles. The first-order valence-corrected chi connectivity index (χ1v) is 6.07. The first kappa shape index (κ1) is 13.6. The quantitative estimate of drug-likeness (QED) is 0.842. The molecule has 1 N–H and O–H groups in total. The molecule has 0 fully saturated rings. The molecule has 17 heavy (non-hydrogen) atoms. The molecule has 0 aromatic carbocycles. The van der Waals surface area contributed by atoms with E-state index in [9.17, 15) is 9.59 Å². The minimum atomic E-state index is -0.646. The van der Waals surface area contributed by atoms with Crippen molar-refractivity contribution in [1.29, 1.82) is 0 Å². The molecule has 0 bridgehead atoms. The summed E-state index contributed by atoms with van der Waals surface area (Å²) in [5.74, 6) is -0.225. The molecule has 0 unspecified atom stereocenters. The van der Waals surface area contributed by atoms with Crippen LogP contribution in [0.1, 0.15) is 38.2 Å². The maximum absolute atomic E-state index is 11.8. The van der Waals surface area contributed by atoms with Gasteiger partial charge in [0.25, 0.3) is 0 Å². The normalized spacial score (nSPS) is 12.9. The summed E-state index contributed by atoms with van der Waals surface area (Å²) < 4.78 is 8.97. The van der Waals surface area contributed by atoms with Crippen molar-refractivity contribution in [3.63, 3.8) is 0 Å². The molecule has 0 aliphatic rings. The minimum absolute atomic E-state index is 0.225. The number of alkyl carbamates (subject to hydrolysis) is 1. The van der Waals surface area contributed by atoms with Gasteiger partial charge in [0, 0.05) is 5.38 Å². The van der Waals surface area contributed by atoms with Gasteiger partial charge in [-0.2, -0.15) is 4.37 Å². The third-order valence-electron chi connectivity index (χ3n) is 1.82. The number of Topliss-reactive ketones (excluding diaryl/α,β-unsaturated/α-hetero) is 1. The van der Waals surface area contributed by atoms with Crippen molar-refractivity contribution >= 4 is 23.4 Å². The average Bonchev–Trinajstić information content (AvgIpc) is 2.65. The summed E-state index contributed by atoms with van der Waals surface area (Å²) in [5, 5.41) is 4.19. The van der Waals surface area contributed by atoms with Gasteiger partial charge in [-0.3, -0.25) is 4.79 Å². The van der Waals surface area contributed by atoms with E-state index in [0.29, 0.717) is 5.69 Å². The van der Waals surface area contributed by atoms with Crippen LogP contribution >= 0.6 is 11.5 Å². The molecule has 0 saturated heterocycles. The lowest BCUT2D eigenvalue weighted by molar-refractivity contribution is 0.0496. The second-order valence-electron chi connectivity index (χ2n) is 4.62. The minimum Gasteiger partial charge on any atom is -0.444 e. The third kappa shape index (κ3) is 4.52. The Bertz CT molecular complexity index is 395. The molecule has 0 radical (unpaired) electrons. The smallest absolute Gasteiger partial charge is 0.408 e. The van der Waals surface area contributed by atoms with Crippen LogP contribution < -0.4 is 5.32 Å². The average molecular weight is 256 g/mol. The highest BCUT2D eigenvalue weighted by Gasteiger charge is 2.22. The highest BCUT2D eigenvalue weighted by Crippen LogP contribution is 2.08. The van der Waals surface area contributed by atoms with Gasteiger partial charge >= 0.3 is 6.09 Å². The number of nitrogens with zero attached hydrogens (tertiary/aromatic N) is 1. The van der Waals surface area contributed by atoms with Crippen LogP contribution in [-0.2, 0) is 4.74 Å². The highest BCUT2D eigenvalue weighted by molar-refractivity contribution is 7.03. The molecular formula is C11H16N2O3S. The van der Waals surface area contributed by atoms with Crippen LogP contribution in [-0.4, -0.2) is 27.9 Å². The zero-order chi connectivity index (χ0) is 13.1. The van der Waals surface area contributed by atoms with E-state index in [0.717, 1.165) is 0 Å². The maximum Gasteiger partial charge on any atom is 0.408 e. The van der Waals surface area contributed by atoms with E-state index in [1.807, 2.05) is 0 Å². The maximum atomic E-state index is 11.8. The molecule has 1 heterocycles. The van der Waals surface area contributed by atoms with Crippen LogP contribution in [0.25, 0.3) is 0 Å². The molecule has 0 saturated carbocycles. The standard InChI is InChI=1S/C11H16N2O3S/c1-7(9(14)8-5-6-17-13-8)12-10(15)16-11(2,3)4/h5-7H,1-4H3,(H,12,15)/t7-/m0/s1. The number of nitrogens with one attached hydrogen (secondary N) is 1. The molecule has 1 rings (SSSR count). The SMILES string of the molecule is C[C@H](NC(=O)OC(C)(C)C)C(=O)c1ccsn1. The summed E-state index contributed by atoms with van der Waals surface area (Å²) in [7, 11) is 0. The molecule has 5 nitrogen and oxygen atoms in total. The van der Waals surface area contributed by atoms with Gasteiger partial charge in [0.05, 0.1) is 6.04 Å². The molecule has 0 spiro atoms. The van der Waals surface area contributed by atoms with Crippen LogP contribution in [0.5, 0.6) is 0 Å². The summed E-state index contributed by atoms with van der Waals surface area (Å²) in [6.07, 6.45) is -0.603. The summed E-state index contributed by atoms with van der Waals surface area (Å²) in [4.78, 5) is 23.2. The van der Waals surface area contributed by atoms with Gasteiger partial charge in [-0.1, -0.05) is 0 Å². The van der Waals surface area contributed by atoms with Crippen molar-refractivity contribution in [3.05, 3.63) is 17.1 Å². The van der Waals surface area contributed by atoms with Crippen LogP contribution in [0, 0.1) is 0 Å². The molecular weight excluding hydrogens is 240 g/mol. The number of aromatic nitrogens is 1. The Balaban J connectivity index is 2.52. The van der Waals surface area contributed by atoms with E-state index in [-0.39, 0.29) is 5.78 Å². The molecule has 1 aromatic rings. The van der Waals surface area contributed by atoms with Crippen LogP contribution in [0.3, 0.4) is 0 Å². The lowest BCUT2D eigenvalue weighted by Crippen LogP contribution is -2.41. The second kappa shape index (κ2) is 5.27. The lowest BCUT2D eigenvalue weighted by Gasteiger charge is -2.21. The number of hydrogen-bond donors (Lipinski definition) is 1. The number of ketones is 1. The fourth-order valence-corrected chi connectivity index (χ4v) is 1.63. The second-order valence-corrected chi connectivity index (χ2v) is 5.28. The molecule has 1 aromatic heterocycles. The summed E-state index contributed by atoms with van der Waals surface area (Å²) >= 11 is 1.20. The monoisotopic (exact) mass is 256 g/mol. The van der Waals surface area contributed by atoms with Gasteiger partial charge in [0.1, 0.15) is 11.3 Å². The van der Waals surface area contributed by atoms with Crippen LogP contribution in [0.2, 0.25) is 0 Å². The Morgan fingerprint density at radius 1 is 1.47 bits per heavy atom. The number of carbonyl (C=O) groups excluding carboxylic acids is 2. The largest absolute Gasteiger partial charge is 0.444 e. The Hall–Kier alpha value is -1.43. The van der Waals surface area contributed by atoms with E-state index in [2.05, 4.69) is 9.69 Å². The van der Waals surface area contributed by atoms with Gasteiger partial charge in [0.15, 0.2) is 0 Å². The third-order valence-corrected chi connectivity index (χ3v) is 2.38. The highest BCUT2D eigenvalue weighted by atomic mass is 32.1. The van der Waals surface area contributed by atoms with Crippen molar-refractivity contribution in [3.8, 4) is 0 Å². The summed E-state index contributed by atoms with van der Waals surface area (Å²) in [5.41, 5.74) is -0.216. The Morgan fingerprint density at radius 3 is 2.59 bits per heavy atom. The predicted molar refractivity (Wildman–Crippen MR) is 65.3 cm³/mol. The molecule has 6 heteroatoms. The van der Waals surface area contributed by atoms with E-state index in [4.69, 9.17) is 4.74 Å². The van der Waals surface area contributed by atoms with Crippen molar-refractivity contribution in [2.45, 2.75) is 39.3 Å². The van der Waals surface area contributed by atoms with E-state index >= 15 is 0 Å². The number of ether oxygens (including phenoxy) is 1. The zero-order valence-corrected chi connectivity index (χ0v) is 11.1. The number of amides is 1. The van der Waals surface area contributed by atoms with E-state index < -0.39 is 17.7 Å². The molecule has 94 valence electrons. The summed E-state index contributed by atoms with van der Waals surface area (Å²) in [6.45, 7) is 6.89.